The SMILES string of the molecule is CC(C)(C)OC(=O)N1Cc2c(F)ccc3c2C(CO3)COc2cc(-c3ccc(C(C)(C)O)nc3)c3nncn3c21. The first-order valence-corrected chi connectivity index (χ1v) is 13.0. The number of hydrogen-bond acceptors (Lipinski definition) is 8. The number of carbonyl (C=O) groups excluding carboxylic acids is 1. The van der Waals surface area contributed by atoms with Crippen LogP contribution >= 0.6 is 0 Å². The minimum Gasteiger partial charge on any atom is -0.493 e. The first kappa shape index (κ1) is 26.0. The summed E-state index contributed by atoms with van der Waals surface area (Å²) in [5, 5.41) is 18.8. The van der Waals surface area contributed by atoms with Gasteiger partial charge in [0.1, 0.15) is 29.1 Å². The van der Waals surface area contributed by atoms with Gasteiger partial charge in [0, 0.05) is 28.5 Å². The lowest BCUT2D eigenvalue weighted by Crippen LogP contribution is -2.38. The zero-order chi connectivity index (χ0) is 28.4. The summed E-state index contributed by atoms with van der Waals surface area (Å²) in [5.74, 6) is 0.576. The molecule has 10 nitrogen and oxygen atoms in total. The summed E-state index contributed by atoms with van der Waals surface area (Å²) in [5.41, 5.74) is 1.45. The van der Waals surface area contributed by atoms with Gasteiger partial charge in [0.25, 0.3) is 0 Å². The molecule has 1 atom stereocenters. The molecular weight excluding hydrogens is 517 g/mol. The van der Waals surface area contributed by atoms with Crippen molar-refractivity contribution in [1.82, 2.24) is 19.6 Å². The van der Waals surface area contributed by atoms with Crippen LogP contribution in [0.15, 0.2) is 42.9 Å². The van der Waals surface area contributed by atoms with Gasteiger partial charge in [-0.1, -0.05) is 6.07 Å². The highest BCUT2D eigenvalue weighted by Gasteiger charge is 2.37. The number of halogens is 1. The van der Waals surface area contributed by atoms with Crippen LogP contribution in [-0.4, -0.2) is 49.6 Å². The number of benzene rings is 1. The number of carbonyl (C=O) groups is 1. The zero-order valence-electron chi connectivity index (χ0n) is 22.9. The van der Waals surface area contributed by atoms with E-state index in [0.717, 1.165) is 0 Å². The topological polar surface area (TPSA) is 111 Å². The third kappa shape index (κ3) is 4.49. The number of rotatable bonds is 2. The summed E-state index contributed by atoms with van der Waals surface area (Å²) >= 11 is 0. The van der Waals surface area contributed by atoms with Crippen molar-refractivity contribution in [3.63, 3.8) is 0 Å². The fourth-order valence-electron chi connectivity index (χ4n) is 5.10. The highest BCUT2D eigenvalue weighted by atomic mass is 19.1. The van der Waals surface area contributed by atoms with Gasteiger partial charge in [-0.2, -0.15) is 0 Å². The molecule has 1 unspecified atom stereocenters. The molecule has 0 saturated heterocycles. The minimum absolute atomic E-state index is 0.116. The van der Waals surface area contributed by atoms with Crippen LogP contribution < -0.4 is 14.4 Å². The van der Waals surface area contributed by atoms with Crippen LogP contribution in [0.4, 0.5) is 15.0 Å². The number of nitrogens with zero attached hydrogens (tertiary/aromatic N) is 5. The van der Waals surface area contributed by atoms with E-state index in [-0.39, 0.29) is 19.1 Å². The number of ether oxygens (including phenoxy) is 3. The Morgan fingerprint density at radius 1 is 1.10 bits per heavy atom. The van der Waals surface area contributed by atoms with Gasteiger partial charge in [0.15, 0.2) is 17.2 Å². The van der Waals surface area contributed by atoms with E-state index in [4.69, 9.17) is 14.2 Å². The number of hydrogen-bond donors (Lipinski definition) is 1. The fraction of sp³-hybridized carbons (Fsp3) is 0.379. The quantitative estimate of drug-likeness (QED) is 0.375. The molecule has 11 heteroatoms. The van der Waals surface area contributed by atoms with E-state index in [1.54, 1.807) is 63.4 Å². The van der Waals surface area contributed by atoms with Crippen LogP contribution in [0.2, 0.25) is 0 Å². The fourth-order valence-corrected chi connectivity index (χ4v) is 5.10. The largest absolute Gasteiger partial charge is 0.493 e. The molecule has 1 N–H and O–H groups in total. The first-order valence-electron chi connectivity index (χ1n) is 13.0. The van der Waals surface area contributed by atoms with E-state index >= 15 is 4.39 Å². The third-order valence-electron chi connectivity index (χ3n) is 6.95. The van der Waals surface area contributed by atoms with Gasteiger partial charge >= 0.3 is 6.09 Å². The molecule has 0 saturated carbocycles. The number of aliphatic hydroxyl groups is 1. The number of fused-ring (bicyclic) bond motifs is 3. The first-order chi connectivity index (χ1) is 18.9. The van der Waals surface area contributed by atoms with Crippen molar-refractivity contribution < 1.29 is 28.5 Å². The van der Waals surface area contributed by atoms with Crippen LogP contribution in [0.25, 0.3) is 16.8 Å². The Balaban J connectivity index is 1.56. The van der Waals surface area contributed by atoms with Crippen molar-refractivity contribution >= 4 is 17.6 Å². The van der Waals surface area contributed by atoms with Crippen LogP contribution in [0.1, 0.15) is 57.4 Å². The van der Waals surface area contributed by atoms with Gasteiger partial charge in [-0.3, -0.25) is 14.3 Å². The van der Waals surface area contributed by atoms with Crippen LogP contribution in [0.5, 0.6) is 11.5 Å². The molecule has 0 spiro atoms. The lowest BCUT2D eigenvalue weighted by atomic mass is 9.95. The summed E-state index contributed by atoms with van der Waals surface area (Å²) in [6, 6.07) is 8.32. The molecule has 3 aromatic heterocycles. The van der Waals surface area contributed by atoms with Crippen LogP contribution in [0, 0.1) is 5.82 Å². The predicted molar refractivity (Wildman–Crippen MR) is 144 cm³/mol. The maximum Gasteiger partial charge on any atom is 0.416 e. The lowest BCUT2D eigenvalue weighted by Gasteiger charge is -2.29. The van der Waals surface area contributed by atoms with Gasteiger partial charge in [-0.15, -0.1) is 10.2 Å². The van der Waals surface area contributed by atoms with Crippen LogP contribution in [0.3, 0.4) is 0 Å². The van der Waals surface area contributed by atoms with Gasteiger partial charge in [0.05, 0.1) is 31.4 Å². The van der Waals surface area contributed by atoms with Gasteiger partial charge in [-0.25, -0.2) is 9.18 Å². The van der Waals surface area contributed by atoms with Crippen LogP contribution in [-0.2, 0) is 16.9 Å². The molecule has 0 radical (unpaired) electrons. The Bertz CT molecular complexity index is 1620. The van der Waals surface area contributed by atoms with Gasteiger partial charge in [-0.05, 0) is 58.9 Å². The van der Waals surface area contributed by atoms with E-state index in [1.165, 1.54) is 17.3 Å². The van der Waals surface area contributed by atoms with E-state index in [9.17, 15) is 9.90 Å². The van der Waals surface area contributed by atoms with E-state index in [2.05, 4.69) is 15.2 Å². The Morgan fingerprint density at radius 2 is 1.85 bits per heavy atom. The highest BCUT2D eigenvalue weighted by molar-refractivity contribution is 5.92. The molecule has 40 heavy (non-hydrogen) atoms. The maximum absolute atomic E-state index is 15.4. The second-order valence-corrected chi connectivity index (χ2v) is 11.6. The van der Waals surface area contributed by atoms with Crippen molar-refractivity contribution in [3.05, 3.63) is 65.5 Å². The molecular formula is C29H30FN5O5. The second kappa shape index (κ2) is 9.16. The highest BCUT2D eigenvalue weighted by Crippen LogP contribution is 2.44. The summed E-state index contributed by atoms with van der Waals surface area (Å²) in [4.78, 5) is 19.5. The average molecular weight is 548 g/mol. The summed E-state index contributed by atoms with van der Waals surface area (Å²) in [6.07, 6.45) is 2.45. The third-order valence-corrected chi connectivity index (χ3v) is 6.95. The molecule has 4 aromatic rings. The Labute approximate surface area is 230 Å². The number of anilines is 1. The molecule has 2 aliphatic heterocycles. The molecule has 0 bridgehead atoms. The maximum atomic E-state index is 15.4. The smallest absolute Gasteiger partial charge is 0.416 e. The second-order valence-electron chi connectivity index (χ2n) is 11.6. The standard InChI is InChI=1S/C29H30FN5O5/c1-28(2,3)40-27(36)34-12-19-20(30)7-8-21-24(19)17(13-38-21)14-39-22-10-18(25-33-32-15-35(25)26(22)34)16-6-9-23(31-11-16)29(4,5)37/h6-11,15,17,37H,12-14H2,1-5H3. The summed E-state index contributed by atoms with van der Waals surface area (Å²) in [6.45, 7) is 9.05. The van der Waals surface area contributed by atoms with E-state index in [1.807, 2.05) is 6.07 Å². The van der Waals surface area contributed by atoms with Crippen molar-refractivity contribution in [1.29, 1.82) is 0 Å². The Kier molecular flexibility index (Phi) is 5.95. The Hall–Kier alpha value is -4.25. The van der Waals surface area contributed by atoms with E-state index < -0.39 is 23.1 Å². The summed E-state index contributed by atoms with van der Waals surface area (Å²) < 4.78 is 35.0. The molecule has 6 rings (SSSR count). The molecule has 0 fully saturated rings. The number of aromatic nitrogens is 4. The minimum atomic E-state index is -1.10. The molecule has 1 amide bonds. The molecule has 0 aliphatic carbocycles. The predicted octanol–water partition coefficient (Wildman–Crippen LogP) is 4.97. The van der Waals surface area contributed by atoms with Crippen molar-refractivity contribution in [2.75, 3.05) is 18.1 Å². The van der Waals surface area contributed by atoms with Gasteiger partial charge < -0.3 is 19.3 Å². The normalized spacial score (nSPS) is 16.8. The van der Waals surface area contributed by atoms with E-state index in [0.29, 0.717) is 57.5 Å². The lowest BCUT2D eigenvalue weighted by molar-refractivity contribution is 0.0574. The Morgan fingerprint density at radius 3 is 2.52 bits per heavy atom. The average Bonchev–Trinajstić information content (AvgIpc) is 3.53. The molecule has 5 heterocycles. The number of amides is 1. The molecule has 2 aliphatic rings. The molecule has 208 valence electrons. The zero-order valence-corrected chi connectivity index (χ0v) is 22.9. The number of pyridine rings is 2. The monoisotopic (exact) mass is 547 g/mol. The van der Waals surface area contributed by atoms with Crippen molar-refractivity contribution in [2.24, 2.45) is 0 Å². The van der Waals surface area contributed by atoms with Crippen molar-refractivity contribution in [2.45, 2.75) is 58.3 Å². The van der Waals surface area contributed by atoms with Gasteiger partial charge in [0.2, 0.25) is 0 Å². The van der Waals surface area contributed by atoms with Crippen molar-refractivity contribution in [3.8, 4) is 22.6 Å². The summed E-state index contributed by atoms with van der Waals surface area (Å²) in [7, 11) is 0. The molecule has 1 aromatic carbocycles.